The molecule has 96 valence electrons. The molecule has 0 saturated heterocycles. The van der Waals surface area contributed by atoms with Gasteiger partial charge in [-0.25, -0.2) is 0 Å². The second-order valence-electron chi connectivity index (χ2n) is 5.86. The minimum Gasteiger partial charge on any atom is -0.496 e. The van der Waals surface area contributed by atoms with Gasteiger partial charge in [0.05, 0.1) is 13.7 Å². The number of rotatable bonds is 4. The molecule has 3 heteroatoms. The number of para-hydroxylation sites is 1. The first-order valence-electron chi connectivity index (χ1n) is 6.04. The Hall–Kier alpha value is -0.803. The molecular weight excluding hydrogens is 228 g/mol. The van der Waals surface area contributed by atoms with Crippen LogP contribution in [0, 0.1) is 0 Å². The molecule has 0 N–H and O–H groups in total. The molecule has 0 aliphatic rings. The summed E-state index contributed by atoms with van der Waals surface area (Å²) in [6.45, 7) is 11.9. The first-order valence-corrected chi connectivity index (χ1v) is 8.94. The monoisotopic (exact) mass is 252 g/mol. The van der Waals surface area contributed by atoms with E-state index in [1.165, 1.54) is 0 Å². The molecule has 0 aliphatic carbocycles. The molecule has 0 aromatic heterocycles. The van der Waals surface area contributed by atoms with E-state index in [4.69, 9.17) is 9.16 Å². The molecule has 0 atom stereocenters. The summed E-state index contributed by atoms with van der Waals surface area (Å²) < 4.78 is 11.5. The van der Waals surface area contributed by atoms with Crippen LogP contribution in [0.15, 0.2) is 24.3 Å². The second kappa shape index (κ2) is 5.23. The fourth-order valence-electron chi connectivity index (χ4n) is 1.30. The zero-order valence-corrected chi connectivity index (χ0v) is 12.8. The van der Waals surface area contributed by atoms with Crippen molar-refractivity contribution in [3.63, 3.8) is 0 Å². The highest BCUT2D eigenvalue weighted by Crippen LogP contribution is 2.37. The third-order valence-electron chi connectivity index (χ3n) is 3.59. The van der Waals surface area contributed by atoms with E-state index in [0.29, 0.717) is 6.61 Å². The van der Waals surface area contributed by atoms with Crippen LogP contribution in [0.4, 0.5) is 0 Å². The van der Waals surface area contributed by atoms with Crippen LogP contribution in [0.3, 0.4) is 0 Å². The lowest BCUT2D eigenvalue weighted by Gasteiger charge is -2.36. The first-order chi connectivity index (χ1) is 7.78. The summed E-state index contributed by atoms with van der Waals surface area (Å²) in [5.41, 5.74) is 1.12. The topological polar surface area (TPSA) is 18.5 Å². The highest BCUT2D eigenvalue weighted by Gasteiger charge is 2.37. The first kappa shape index (κ1) is 14.3. The third-order valence-corrected chi connectivity index (χ3v) is 8.07. The lowest BCUT2D eigenvalue weighted by molar-refractivity contribution is 0.269. The summed E-state index contributed by atoms with van der Waals surface area (Å²) in [5.74, 6) is 0.909. The van der Waals surface area contributed by atoms with Crippen molar-refractivity contribution in [3.05, 3.63) is 29.8 Å². The van der Waals surface area contributed by atoms with Gasteiger partial charge in [0.1, 0.15) is 5.75 Å². The van der Waals surface area contributed by atoms with Crippen LogP contribution in [0.2, 0.25) is 18.1 Å². The fourth-order valence-corrected chi connectivity index (χ4v) is 2.25. The molecule has 0 fully saturated rings. The van der Waals surface area contributed by atoms with Gasteiger partial charge in [0.15, 0.2) is 8.32 Å². The average Bonchev–Trinajstić information content (AvgIpc) is 2.25. The number of hydrogen-bond donors (Lipinski definition) is 0. The van der Waals surface area contributed by atoms with Gasteiger partial charge < -0.3 is 9.16 Å². The average molecular weight is 252 g/mol. The summed E-state index contributed by atoms with van der Waals surface area (Å²) >= 11 is 0. The van der Waals surface area contributed by atoms with E-state index < -0.39 is 8.32 Å². The van der Waals surface area contributed by atoms with E-state index >= 15 is 0 Å². The van der Waals surface area contributed by atoms with Crippen LogP contribution in [-0.2, 0) is 11.0 Å². The van der Waals surface area contributed by atoms with E-state index in [-0.39, 0.29) is 5.04 Å². The fraction of sp³-hybridized carbons (Fsp3) is 0.571. The van der Waals surface area contributed by atoms with Crippen molar-refractivity contribution in [2.75, 3.05) is 7.11 Å². The van der Waals surface area contributed by atoms with Crippen LogP contribution in [0.5, 0.6) is 5.75 Å². The number of hydrogen-bond acceptors (Lipinski definition) is 2. The summed E-state index contributed by atoms with van der Waals surface area (Å²) in [5, 5.41) is 0.245. The Morgan fingerprint density at radius 3 is 2.24 bits per heavy atom. The van der Waals surface area contributed by atoms with Gasteiger partial charge in [0, 0.05) is 5.56 Å². The molecule has 0 radical (unpaired) electrons. The Balaban J connectivity index is 2.74. The largest absolute Gasteiger partial charge is 0.496 e. The summed E-state index contributed by atoms with van der Waals surface area (Å²) in [7, 11) is 0.0206. The molecule has 2 nitrogen and oxygen atoms in total. The third kappa shape index (κ3) is 3.58. The van der Waals surface area contributed by atoms with E-state index in [1.807, 2.05) is 18.2 Å². The summed E-state index contributed by atoms with van der Waals surface area (Å²) in [4.78, 5) is 0. The molecular formula is C14H24O2Si. The predicted octanol–water partition coefficient (Wildman–Crippen LogP) is 4.22. The van der Waals surface area contributed by atoms with Crippen molar-refractivity contribution >= 4 is 8.32 Å². The van der Waals surface area contributed by atoms with E-state index in [2.05, 4.69) is 39.9 Å². The van der Waals surface area contributed by atoms with E-state index in [0.717, 1.165) is 11.3 Å². The van der Waals surface area contributed by atoms with Crippen molar-refractivity contribution in [2.45, 2.75) is 45.5 Å². The van der Waals surface area contributed by atoms with Crippen molar-refractivity contribution < 1.29 is 9.16 Å². The van der Waals surface area contributed by atoms with E-state index in [9.17, 15) is 0 Å². The highest BCUT2D eigenvalue weighted by molar-refractivity contribution is 6.74. The standard InChI is InChI=1S/C14H24O2Si/c1-14(2,3)17(5,6)16-11-12-9-7-8-10-13(12)15-4/h7-10H,11H2,1-6H3. The molecule has 0 aliphatic heterocycles. The zero-order valence-electron chi connectivity index (χ0n) is 11.8. The van der Waals surface area contributed by atoms with Crippen LogP contribution in [0.1, 0.15) is 26.3 Å². The van der Waals surface area contributed by atoms with Crippen molar-refractivity contribution in [1.29, 1.82) is 0 Å². The maximum absolute atomic E-state index is 6.18. The Morgan fingerprint density at radius 2 is 1.71 bits per heavy atom. The van der Waals surface area contributed by atoms with E-state index in [1.54, 1.807) is 7.11 Å². The Kier molecular flexibility index (Phi) is 4.39. The maximum Gasteiger partial charge on any atom is 0.192 e. The van der Waals surface area contributed by atoms with Gasteiger partial charge in [0.2, 0.25) is 0 Å². The number of benzene rings is 1. The molecule has 1 aromatic carbocycles. The Morgan fingerprint density at radius 1 is 1.12 bits per heavy atom. The Bertz CT molecular complexity index is 367. The summed E-state index contributed by atoms with van der Waals surface area (Å²) in [6, 6.07) is 8.04. The number of ether oxygens (including phenoxy) is 1. The van der Waals surface area contributed by atoms with Crippen LogP contribution in [0.25, 0.3) is 0 Å². The molecule has 0 unspecified atom stereocenters. The lowest BCUT2D eigenvalue weighted by atomic mass is 10.2. The molecule has 1 rings (SSSR count). The molecule has 0 bridgehead atoms. The molecule has 0 heterocycles. The zero-order chi connectivity index (χ0) is 13.1. The van der Waals surface area contributed by atoms with Crippen LogP contribution >= 0.6 is 0 Å². The van der Waals surface area contributed by atoms with Gasteiger partial charge in [0.25, 0.3) is 0 Å². The van der Waals surface area contributed by atoms with Gasteiger partial charge >= 0.3 is 0 Å². The van der Waals surface area contributed by atoms with Gasteiger partial charge in [-0.2, -0.15) is 0 Å². The lowest BCUT2D eigenvalue weighted by Crippen LogP contribution is -2.40. The SMILES string of the molecule is COc1ccccc1CO[Si](C)(C)C(C)(C)C. The number of methoxy groups -OCH3 is 1. The van der Waals surface area contributed by atoms with Gasteiger partial charge in [-0.3, -0.25) is 0 Å². The smallest absolute Gasteiger partial charge is 0.192 e. The molecule has 1 aromatic rings. The van der Waals surface area contributed by atoms with Crippen LogP contribution in [-0.4, -0.2) is 15.4 Å². The highest BCUT2D eigenvalue weighted by atomic mass is 28.4. The maximum atomic E-state index is 6.18. The normalized spacial score (nSPS) is 12.6. The van der Waals surface area contributed by atoms with Crippen LogP contribution < -0.4 is 4.74 Å². The summed E-state index contributed by atoms with van der Waals surface area (Å²) in [6.07, 6.45) is 0. The van der Waals surface area contributed by atoms with Gasteiger partial charge in [-0.15, -0.1) is 0 Å². The molecule has 0 spiro atoms. The second-order valence-corrected chi connectivity index (χ2v) is 10.7. The quantitative estimate of drug-likeness (QED) is 0.747. The molecule has 0 amide bonds. The van der Waals surface area contributed by atoms with Crippen molar-refractivity contribution in [1.82, 2.24) is 0 Å². The molecule has 0 saturated carbocycles. The Labute approximate surface area is 106 Å². The molecule has 17 heavy (non-hydrogen) atoms. The van der Waals surface area contributed by atoms with Crippen molar-refractivity contribution in [2.24, 2.45) is 0 Å². The van der Waals surface area contributed by atoms with Gasteiger partial charge in [-0.05, 0) is 24.2 Å². The minimum absolute atomic E-state index is 0.245. The minimum atomic E-state index is -1.68. The van der Waals surface area contributed by atoms with Crippen molar-refractivity contribution in [3.8, 4) is 5.75 Å². The van der Waals surface area contributed by atoms with Gasteiger partial charge in [-0.1, -0.05) is 39.0 Å². The predicted molar refractivity (Wildman–Crippen MR) is 75.0 cm³/mol.